The molecule has 2 aromatic carbocycles. The molecule has 1 amide bonds. The molecule has 0 spiro atoms. The molecule has 7 heteroatoms. The van der Waals surface area contributed by atoms with E-state index in [1.54, 1.807) is 0 Å². The van der Waals surface area contributed by atoms with Crippen molar-refractivity contribution in [3.8, 4) is 11.4 Å². The van der Waals surface area contributed by atoms with Crippen molar-refractivity contribution >= 4 is 17.4 Å². The number of tetrazole rings is 1. The summed E-state index contributed by atoms with van der Waals surface area (Å²) in [6.45, 7) is 2.07. The van der Waals surface area contributed by atoms with E-state index in [1.807, 2.05) is 53.2 Å². The van der Waals surface area contributed by atoms with Crippen molar-refractivity contribution in [3.63, 3.8) is 0 Å². The average Bonchev–Trinajstić information content (AvgIpc) is 3.48. The first-order chi connectivity index (χ1) is 14.1. The molecular formula is C22H23N5O2. The number of nitrogens with zero attached hydrogens (tertiary/aromatic N) is 4. The zero-order valence-corrected chi connectivity index (χ0v) is 16.3. The van der Waals surface area contributed by atoms with Crippen molar-refractivity contribution < 1.29 is 9.59 Å². The molecule has 1 saturated carbocycles. The minimum absolute atomic E-state index is 0.0276. The van der Waals surface area contributed by atoms with E-state index in [2.05, 4.69) is 27.8 Å². The number of hydrogen-bond donors (Lipinski definition) is 1. The van der Waals surface area contributed by atoms with Gasteiger partial charge >= 0.3 is 0 Å². The number of hydrogen-bond acceptors (Lipinski definition) is 5. The highest BCUT2D eigenvalue weighted by molar-refractivity contribution is 6.00. The van der Waals surface area contributed by atoms with Crippen LogP contribution in [0.25, 0.3) is 11.4 Å². The predicted molar refractivity (Wildman–Crippen MR) is 110 cm³/mol. The van der Waals surface area contributed by atoms with Crippen LogP contribution in [0.4, 0.5) is 5.69 Å². The van der Waals surface area contributed by atoms with Gasteiger partial charge in [-0.15, -0.1) is 5.10 Å². The molecule has 1 fully saturated rings. The molecule has 1 heterocycles. The lowest BCUT2D eigenvalue weighted by Crippen LogP contribution is -2.13. The molecule has 7 nitrogen and oxygen atoms in total. The number of amides is 1. The quantitative estimate of drug-likeness (QED) is 0.591. The van der Waals surface area contributed by atoms with E-state index in [0.29, 0.717) is 23.1 Å². The molecule has 29 heavy (non-hydrogen) atoms. The molecule has 4 rings (SSSR count). The van der Waals surface area contributed by atoms with Crippen LogP contribution in [0, 0.1) is 0 Å². The highest BCUT2D eigenvalue weighted by atomic mass is 16.2. The van der Waals surface area contributed by atoms with Crippen LogP contribution in [-0.4, -0.2) is 31.9 Å². The number of rotatable bonds is 8. The Labute approximate surface area is 169 Å². The Hall–Kier alpha value is -3.35. The Morgan fingerprint density at radius 1 is 1.10 bits per heavy atom. The van der Waals surface area contributed by atoms with E-state index in [4.69, 9.17) is 0 Å². The van der Waals surface area contributed by atoms with Gasteiger partial charge in [0.05, 0.1) is 6.04 Å². The number of nitrogens with one attached hydrogen (secondary N) is 1. The second kappa shape index (κ2) is 8.34. The molecule has 0 bridgehead atoms. The number of Topliss-reactive ketones (excluding diaryl/α,β-unsaturated/α-hetero) is 1. The maximum Gasteiger partial charge on any atom is 0.224 e. The van der Waals surface area contributed by atoms with Gasteiger partial charge in [0.15, 0.2) is 11.6 Å². The summed E-state index contributed by atoms with van der Waals surface area (Å²) >= 11 is 0. The highest BCUT2D eigenvalue weighted by Gasteiger charge is 2.28. The number of ketones is 1. The van der Waals surface area contributed by atoms with E-state index >= 15 is 0 Å². The predicted octanol–water partition coefficient (Wildman–Crippen LogP) is 3.84. The standard InChI is InChI=1S/C22H23N5O2/c1-2-15-6-8-16(9-7-15)20(28)12-13-21(29)23-18-5-3-4-17(14-18)22-24-25-26-27(22)19-10-11-19/h3-9,14,19H,2,10-13H2,1H3,(H,23,29). The zero-order chi connectivity index (χ0) is 20.2. The molecule has 0 radical (unpaired) electrons. The van der Waals surface area contributed by atoms with Gasteiger partial charge in [0, 0.05) is 29.7 Å². The van der Waals surface area contributed by atoms with Gasteiger partial charge < -0.3 is 5.32 Å². The van der Waals surface area contributed by atoms with Crippen LogP contribution in [0.15, 0.2) is 48.5 Å². The Bertz CT molecular complexity index is 1020. The minimum Gasteiger partial charge on any atom is -0.326 e. The van der Waals surface area contributed by atoms with Crippen molar-refractivity contribution in [2.45, 2.75) is 45.1 Å². The van der Waals surface area contributed by atoms with Gasteiger partial charge in [-0.05, 0) is 47.4 Å². The fraction of sp³-hybridized carbons (Fsp3) is 0.318. The third-order valence-corrected chi connectivity index (χ3v) is 5.05. The number of benzene rings is 2. The Morgan fingerprint density at radius 2 is 1.90 bits per heavy atom. The summed E-state index contributed by atoms with van der Waals surface area (Å²) in [7, 11) is 0. The van der Waals surface area contributed by atoms with E-state index < -0.39 is 0 Å². The number of carbonyl (C=O) groups excluding carboxylic acids is 2. The summed E-state index contributed by atoms with van der Waals surface area (Å²) in [5.74, 6) is 0.483. The van der Waals surface area contributed by atoms with Crippen molar-refractivity contribution in [1.29, 1.82) is 0 Å². The van der Waals surface area contributed by atoms with Crippen LogP contribution < -0.4 is 5.32 Å². The van der Waals surface area contributed by atoms with Crippen LogP contribution in [0.5, 0.6) is 0 Å². The SMILES string of the molecule is CCc1ccc(C(=O)CCC(=O)Nc2cccc(-c3nnnn3C3CC3)c2)cc1. The molecule has 0 unspecified atom stereocenters. The van der Waals surface area contributed by atoms with E-state index in [9.17, 15) is 9.59 Å². The number of anilines is 1. The molecule has 148 valence electrons. The highest BCUT2D eigenvalue weighted by Crippen LogP contribution is 2.36. The molecule has 0 atom stereocenters. The van der Waals surface area contributed by atoms with Gasteiger partial charge in [0.2, 0.25) is 5.91 Å². The third kappa shape index (κ3) is 4.56. The maximum absolute atomic E-state index is 12.3. The molecule has 1 aliphatic carbocycles. The molecule has 1 N–H and O–H groups in total. The summed E-state index contributed by atoms with van der Waals surface area (Å²) in [5.41, 5.74) is 3.35. The average molecular weight is 389 g/mol. The van der Waals surface area contributed by atoms with Crippen molar-refractivity contribution in [2.24, 2.45) is 0 Å². The largest absolute Gasteiger partial charge is 0.326 e. The first kappa shape index (κ1) is 19.0. The van der Waals surface area contributed by atoms with Gasteiger partial charge in [-0.1, -0.05) is 43.3 Å². The summed E-state index contributed by atoms with van der Waals surface area (Å²) in [6.07, 6.45) is 3.42. The number of aromatic nitrogens is 4. The lowest BCUT2D eigenvalue weighted by atomic mass is 10.0. The lowest BCUT2D eigenvalue weighted by molar-refractivity contribution is -0.116. The van der Waals surface area contributed by atoms with E-state index in [0.717, 1.165) is 24.8 Å². The van der Waals surface area contributed by atoms with Gasteiger partial charge in [0.1, 0.15) is 0 Å². The Kier molecular flexibility index (Phi) is 5.46. The van der Waals surface area contributed by atoms with Crippen LogP contribution in [-0.2, 0) is 11.2 Å². The summed E-state index contributed by atoms with van der Waals surface area (Å²) in [6, 6.07) is 15.4. The van der Waals surface area contributed by atoms with Gasteiger partial charge in [-0.25, -0.2) is 4.68 Å². The topological polar surface area (TPSA) is 89.8 Å². The smallest absolute Gasteiger partial charge is 0.224 e. The van der Waals surface area contributed by atoms with Gasteiger partial charge in [-0.2, -0.15) is 0 Å². The summed E-state index contributed by atoms with van der Waals surface area (Å²) in [4.78, 5) is 24.6. The van der Waals surface area contributed by atoms with Crippen LogP contribution in [0.3, 0.4) is 0 Å². The molecule has 3 aromatic rings. The maximum atomic E-state index is 12.3. The lowest BCUT2D eigenvalue weighted by Gasteiger charge is -2.08. The summed E-state index contributed by atoms with van der Waals surface area (Å²) in [5, 5.41) is 14.8. The minimum atomic E-state index is -0.192. The van der Waals surface area contributed by atoms with Crippen molar-refractivity contribution in [2.75, 3.05) is 5.32 Å². The van der Waals surface area contributed by atoms with Gasteiger partial charge in [0.25, 0.3) is 0 Å². The Balaban J connectivity index is 1.36. The van der Waals surface area contributed by atoms with Crippen molar-refractivity contribution in [1.82, 2.24) is 20.2 Å². The van der Waals surface area contributed by atoms with Crippen LogP contribution in [0.1, 0.15) is 54.6 Å². The molecule has 0 saturated heterocycles. The first-order valence-corrected chi connectivity index (χ1v) is 9.94. The van der Waals surface area contributed by atoms with E-state index in [-0.39, 0.29) is 24.5 Å². The molecule has 1 aromatic heterocycles. The monoisotopic (exact) mass is 389 g/mol. The normalized spacial score (nSPS) is 13.3. The fourth-order valence-electron chi connectivity index (χ4n) is 3.21. The second-order valence-corrected chi connectivity index (χ2v) is 7.28. The number of carbonyl (C=O) groups is 2. The fourth-order valence-corrected chi connectivity index (χ4v) is 3.21. The zero-order valence-electron chi connectivity index (χ0n) is 16.3. The van der Waals surface area contributed by atoms with E-state index in [1.165, 1.54) is 5.56 Å². The van der Waals surface area contributed by atoms with Crippen LogP contribution in [0.2, 0.25) is 0 Å². The number of aryl methyl sites for hydroxylation is 1. The Morgan fingerprint density at radius 3 is 2.62 bits per heavy atom. The van der Waals surface area contributed by atoms with Crippen molar-refractivity contribution in [3.05, 3.63) is 59.7 Å². The third-order valence-electron chi connectivity index (χ3n) is 5.05. The second-order valence-electron chi connectivity index (χ2n) is 7.28. The molecule has 1 aliphatic rings. The molecular weight excluding hydrogens is 366 g/mol. The summed E-state index contributed by atoms with van der Waals surface area (Å²) < 4.78 is 1.84. The van der Waals surface area contributed by atoms with Gasteiger partial charge in [-0.3, -0.25) is 9.59 Å². The molecule has 0 aliphatic heterocycles. The first-order valence-electron chi connectivity index (χ1n) is 9.94. The van der Waals surface area contributed by atoms with Crippen LogP contribution >= 0.6 is 0 Å².